The molecule has 0 spiro atoms. The van der Waals surface area contributed by atoms with E-state index in [1.807, 2.05) is 42.5 Å². The molecule has 2 nitrogen and oxygen atoms in total. The zero-order chi connectivity index (χ0) is 14.2. The van der Waals surface area contributed by atoms with E-state index in [1.54, 1.807) is 0 Å². The van der Waals surface area contributed by atoms with Crippen LogP contribution in [0, 0.1) is 0 Å². The van der Waals surface area contributed by atoms with Crippen molar-refractivity contribution < 1.29 is 5.11 Å². The van der Waals surface area contributed by atoms with Gasteiger partial charge in [-0.05, 0) is 36.1 Å². The molecule has 0 amide bonds. The van der Waals surface area contributed by atoms with E-state index < -0.39 is 0 Å². The number of hydrogen-bond acceptors (Lipinski definition) is 2. The fourth-order valence-corrected chi connectivity index (χ4v) is 2.32. The zero-order valence-corrected chi connectivity index (χ0v) is 12.2. The zero-order valence-electron chi connectivity index (χ0n) is 11.4. The van der Waals surface area contributed by atoms with Gasteiger partial charge in [0.1, 0.15) is 0 Å². The van der Waals surface area contributed by atoms with E-state index in [0.29, 0.717) is 6.54 Å². The molecule has 0 saturated heterocycles. The lowest BCUT2D eigenvalue weighted by atomic mass is 10.1. The molecule has 0 saturated carbocycles. The van der Waals surface area contributed by atoms with Gasteiger partial charge >= 0.3 is 0 Å². The summed E-state index contributed by atoms with van der Waals surface area (Å²) in [5.74, 6) is 0. The van der Waals surface area contributed by atoms with E-state index >= 15 is 0 Å². The molecule has 0 aromatic heterocycles. The summed E-state index contributed by atoms with van der Waals surface area (Å²) >= 11 is 5.93. The predicted octanol–water partition coefficient (Wildman–Crippen LogP) is 3.42. The summed E-state index contributed by atoms with van der Waals surface area (Å²) in [6.45, 7) is 1.32. The summed E-state index contributed by atoms with van der Waals surface area (Å²) in [5, 5.41) is 14.0. The minimum atomic E-state index is -0.325. The van der Waals surface area contributed by atoms with Crippen molar-refractivity contribution in [3.63, 3.8) is 0 Å². The maximum Gasteiger partial charge on any atom is 0.0667 e. The van der Waals surface area contributed by atoms with Crippen LogP contribution in [0.5, 0.6) is 0 Å². The highest BCUT2D eigenvalue weighted by atomic mass is 35.5. The van der Waals surface area contributed by atoms with Gasteiger partial charge < -0.3 is 10.4 Å². The molecule has 2 N–H and O–H groups in total. The van der Waals surface area contributed by atoms with Gasteiger partial charge in [0.15, 0.2) is 0 Å². The average Bonchev–Trinajstić information content (AvgIpc) is 2.46. The molecular formula is C17H20ClNO. The topological polar surface area (TPSA) is 32.3 Å². The van der Waals surface area contributed by atoms with Crippen LogP contribution in [0.3, 0.4) is 0 Å². The second-order valence-electron chi connectivity index (χ2n) is 4.94. The molecule has 0 fully saturated rings. The van der Waals surface area contributed by atoms with E-state index in [-0.39, 0.29) is 6.10 Å². The minimum absolute atomic E-state index is 0.325. The van der Waals surface area contributed by atoms with Gasteiger partial charge in [0.05, 0.1) is 6.10 Å². The molecular weight excluding hydrogens is 270 g/mol. The normalized spacial score (nSPS) is 12.3. The monoisotopic (exact) mass is 289 g/mol. The summed E-state index contributed by atoms with van der Waals surface area (Å²) in [5.41, 5.74) is 2.40. The Morgan fingerprint density at radius 2 is 1.75 bits per heavy atom. The van der Waals surface area contributed by atoms with Crippen molar-refractivity contribution in [2.24, 2.45) is 0 Å². The third-order valence-electron chi connectivity index (χ3n) is 3.21. The fourth-order valence-electron chi connectivity index (χ4n) is 2.11. The predicted molar refractivity (Wildman–Crippen MR) is 83.9 cm³/mol. The Hall–Kier alpha value is -1.35. The number of aryl methyl sites for hydroxylation is 1. The molecule has 0 aliphatic heterocycles. The first-order valence-electron chi connectivity index (χ1n) is 6.91. The van der Waals surface area contributed by atoms with E-state index in [4.69, 9.17) is 11.6 Å². The summed E-state index contributed by atoms with van der Waals surface area (Å²) in [6.07, 6.45) is 1.35. The molecule has 20 heavy (non-hydrogen) atoms. The minimum Gasteiger partial charge on any atom is -0.392 e. The number of halogens is 1. The molecule has 3 heteroatoms. The summed E-state index contributed by atoms with van der Waals surface area (Å²) < 4.78 is 0. The smallest absolute Gasteiger partial charge is 0.0667 e. The van der Waals surface area contributed by atoms with Gasteiger partial charge in [-0.15, -0.1) is 0 Å². The molecule has 2 aromatic carbocycles. The Balaban J connectivity index is 1.66. The quantitative estimate of drug-likeness (QED) is 0.818. The van der Waals surface area contributed by atoms with Gasteiger partial charge in [-0.3, -0.25) is 0 Å². The number of nitrogens with one attached hydrogen (secondary N) is 1. The van der Waals surface area contributed by atoms with Crippen molar-refractivity contribution in [1.82, 2.24) is 5.32 Å². The molecule has 2 rings (SSSR count). The Morgan fingerprint density at radius 1 is 1.00 bits per heavy atom. The average molecular weight is 290 g/mol. The van der Waals surface area contributed by atoms with Crippen molar-refractivity contribution in [1.29, 1.82) is 0 Å². The van der Waals surface area contributed by atoms with Crippen molar-refractivity contribution in [2.45, 2.75) is 25.5 Å². The maximum absolute atomic E-state index is 9.95. The van der Waals surface area contributed by atoms with Crippen LogP contribution >= 0.6 is 11.6 Å². The van der Waals surface area contributed by atoms with Crippen LogP contribution in [0.15, 0.2) is 54.6 Å². The summed E-state index contributed by atoms with van der Waals surface area (Å²) in [4.78, 5) is 0. The number of aliphatic hydroxyl groups is 1. The van der Waals surface area contributed by atoms with Gasteiger partial charge in [-0.25, -0.2) is 0 Å². The van der Waals surface area contributed by atoms with Crippen LogP contribution in [0.2, 0.25) is 5.02 Å². The third-order valence-corrected chi connectivity index (χ3v) is 3.44. The summed E-state index contributed by atoms with van der Waals surface area (Å²) in [6, 6.07) is 18.0. The number of benzene rings is 2. The number of rotatable bonds is 7. The van der Waals surface area contributed by atoms with Crippen LogP contribution in [0.1, 0.15) is 17.5 Å². The van der Waals surface area contributed by atoms with Crippen molar-refractivity contribution in [2.75, 3.05) is 6.54 Å². The van der Waals surface area contributed by atoms with Crippen molar-refractivity contribution in [3.05, 3.63) is 70.7 Å². The van der Waals surface area contributed by atoms with Gasteiger partial charge in [-0.1, -0.05) is 54.1 Å². The van der Waals surface area contributed by atoms with Crippen LogP contribution in [0.4, 0.5) is 0 Å². The van der Waals surface area contributed by atoms with Gasteiger partial charge in [0, 0.05) is 18.1 Å². The molecule has 2 aromatic rings. The standard InChI is InChI=1S/C17H20ClNO/c18-16-8-4-7-15(11-16)12-19-13-17(20)10-9-14-5-2-1-3-6-14/h1-8,11,17,19-20H,9-10,12-13H2. The van der Waals surface area contributed by atoms with Crippen LogP contribution in [-0.2, 0) is 13.0 Å². The van der Waals surface area contributed by atoms with Crippen LogP contribution < -0.4 is 5.32 Å². The Morgan fingerprint density at radius 3 is 2.50 bits per heavy atom. The second kappa shape index (κ2) is 8.05. The Labute approximate surface area is 125 Å². The molecule has 1 unspecified atom stereocenters. The van der Waals surface area contributed by atoms with Gasteiger partial charge in [0.25, 0.3) is 0 Å². The van der Waals surface area contributed by atoms with Gasteiger partial charge in [0.2, 0.25) is 0 Å². The lowest BCUT2D eigenvalue weighted by Gasteiger charge is -2.12. The highest BCUT2D eigenvalue weighted by Crippen LogP contribution is 2.10. The molecule has 0 radical (unpaired) electrons. The molecule has 106 valence electrons. The Kier molecular flexibility index (Phi) is 6.06. The van der Waals surface area contributed by atoms with Crippen molar-refractivity contribution in [3.8, 4) is 0 Å². The fraction of sp³-hybridized carbons (Fsp3) is 0.294. The maximum atomic E-state index is 9.95. The van der Waals surface area contributed by atoms with E-state index in [9.17, 15) is 5.11 Å². The first-order chi connectivity index (χ1) is 9.74. The number of hydrogen-bond donors (Lipinski definition) is 2. The highest BCUT2D eigenvalue weighted by Gasteiger charge is 2.04. The van der Waals surface area contributed by atoms with E-state index in [2.05, 4.69) is 17.4 Å². The SMILES string of the molecule is OC(CCc1ccccc1)CNCc1cccc(Cl)c1. The van der Waals surface area contributed by atoms with E-state index in [1.165, 1.54) is 5.56 Å². The molecule has 0 bridgehead atoms. The molecule has 0 heterocycles. The largest absolute Gasteiger partial charge is 0.392 e. The Bertz CT molecular complexity index is 515. The first kappa shape index (κ1) is 15.0. The molecule has 0 aliphatic carbocycles. The molecule has 1 atom stereocenters. The second-order valence-corrected chi connectivity index (χ2v) is 5.38. The highest BCUT2D eigenvalue weighted by molar-refractivity contribution is 6.30. The van der Waals surface area contributed by atoms with Gasteiger partial charge in [-0.2, -0.15) is 0 Å². The summed E-state index contributed by atoms with van der Waals surface area (Å²) in [7, 11) is 0. The third kappa shape index (κ3) is 5.33. The van der Waals surface area contributed by atoms with Crippen molar-refractivity contribution >= 4 is 11.6 Å². The number of aliphatic hydroxyl groups excluding tert-OH is 1. The van der Waals surface area contributed by atoms with Crippen LogP contribution in [-0.4, -0.2) is 17.8 Å². The van der Waals surface area contributed by atoms with Crippen LogP contribution in [0.25, 0.3) is 0 Å². The van der Waals surface area contributed by atoms with E-state index in [0.717, 1.165) is 30.0 Å². The lowest BCUT2D eigenvalue weighted by molar-refractivity contribution is 0.161. The molecule has 0 aliphatic rings. The first-order valence-corrected chi connectivity index (χ1v) is 7.29. The lowest BCUT2D eigenvalue weighted by Crippen LogP contribution is -2.26.